The van der Waals surface area contributed by atoms with Crippen LogP contribution in [-0.4, -0.2) is 0 Å². The normalized spacial score (nSPS) is 12.4. The monoisotopic (exact) mass is 216 g/mol. The van der Waals surface area contributed by atoms with Gasteiger partial charge in [0.05, 0.1) is 0 Å². The third-order valence-electron chi connectivity index (χ3n) is 0.300. The Labute approximate surface area is 60.4 Å². The first-order chi connectivity index (χ1) is 3.25. The maximum absolute atomic E-state index is 9.24. The molecule has 0 aliphatic rings. The van der Waals surface area contributed by atoms with Crippen molar-refractivity contribution in [2.45, 2.75) is 0 Å². The molecule has 0 N–H and O–H groups in total. The van der Waals surface area contributed by atoms with Crippen LogP contribution in [0, 0.1) is 0 Å². The standard InChI is InChI=1S/Ni.H4O6P2/c;1-7(2,3)8(4,5)6/h;(H2,1,2,3)(H2,4,5,6)/q+4;/p-4. The molecule has 0 rings (SSSR count). The van der Waals surface area contributed by atoms with E-state index in [4.69, 9.17) is 0 Å². The van der Waals surface area contributed by atoms with Crippen LogP contribution in [0.25, 0.3) is 0 Å². The molecule has 56 valence electrons. The van der Waals surface area contributed by atoms with Gasteiger partial charge in [-0.3, -0.25) is 0 Å². The second-order valence-corrected chi connectivity index (χ2v) is 5.75. The van der Waals surface area contributed by atoms with Gasteiger partial charge in [0.25, 0.3) is 0 Å². The van der Waals surface area contributed by atoms with E-state index in [-0.39, 0.29) is 16.5 Å². The van der Waals surface area contributed by atoms with E-state index < -0.39 is 14.6 Å². The van der Waals surface area contributed by atoms with Crippen molar-refractivity contribution in [1.29, 1.82) is 0 Å². The van der Waals surface area contributed by atoms with E-state index in [1.807, 2.05) is 0 Å². The van der Waals surface area contributed by atoms with Gasteiger partial charge in [-0.1, -0.05) is 0 Å². The summed E-state index contributed by atoms with van der Waals surface area (Å²) in [4.78, 5) is 36.9. The summed E-state index contributed by atoms with van der Waals surface area (Å²) in [5.41, 5.74) is 0. The van der Waals surface area contributed by atoms with E-state index in [9.17, 15) is 28.7 Å². The number of hydrogen-bond donors (Lipinski definition) is 0. The molecule has 0 radical (unpaired) electrons. The summed E-state index contributed by atoms with van der Waals surface area (Å²) >= 11 is 0. The van der Waals surface area contributed by atoms with Gasteiger partial charge >= 0.3 is 16.5 Å². The zero-order chi connectivity index (χ0) is 7.00. The van der Waals surface area contributed by atoms with Gasteiger partial charge in [-0.05, 0) is 14.6 Å². The first-order valence-electron chi connectivity index (χ1n) is 1.30. The molecule has 0 aromatic heterocycles. The van der Waals surface area contributed by atoms with E-state index >= 15 is 0 Å². The zero-order valence-corrected chi connectivity index (χ0v) is 6.44. The Morgan fingerprint density at radius 1 is 0.778 bits per heavy atom. The summed E-state index contributed by atoms with van der Waals surface area (Å²) < 4.78 is 18.5. The van der Waals surface area contributed by atoms with Crippen molar-refractivity contribution in [1.82, 2.24) is 0 Å². The fraction of sp³-hybridized carbons (Fsp3) is 0. The molecule has 0 unspecified atom stereocenters. The SMILES string of the molecule is O=P([O-])([O-])P(=O)([O-])[O-].[Ni+4]. The molecule has 0 amide bonds. The average Bonchev–Trinajstić information content (AvgIpc) is 1.25. The predicted octanol–water partition coefficient (Wildman–Crippen LogP) is -3.27. The molecule has 9 heavy (non-hydrogen) atoms. The first kappa shape index (κ1) is 12.5. The van der Waals surface area contributed by atoms with E-state index in [2.05, 4.69) is 0 Å². The van der Waals surface area contributed by atoms with Gasteiger partial charge in [-0.25, -0.2) is 0 Å². The van der Waals surface area contributed by atoms with Crippen molar-refractivity contribution in [3.05, 3.63) is 0 Å². The van der Waals surface area contributed by atoms with Crippen LogP contribution in [0.4, 0.5) is 0 Å². The zero-order valence-electron chi connectivity index (χ0n) is 3.66. The molecular formula is NiO6P2. The van der Waals surface area contributed by atoms with Crippen molar-refractivity contribution in [3.8, 4) is 0 Å². The van der Waals surface area contributed by atoms with Gasteiger partial charge in [0, 0.05) is 0 Å². The smallest absolute Gasteiger partial charge is 0.807 e. The van der Waals surface area contributed by atoms with Crippen LogP contribution in [0.5, 0.6) is 0 Å². The van der Waals surface area contributed by atoms with Gasteiger partial charge < -0.3 is 28.7 Å². The van der Waals surface area contributed by atoms with Gasteiger partial charge in [0.15, 0.2) is 0 Å². The minimum absolute atomic E-state index is 0. The Hall–Kier alpha value is 0.794. The summed E-state index contributed by atoms with van der Waals surface area (Å²) in [5.74, 6) is 0. The Bertz CT molecular complexity index is 140. The summed E-state index contributed by atoms with van der Waals surface area (Å²) in [6, 6.07) is 0. The van der Waals surface area contributed by atoms with Gasteiger partial charge in [0.1, 0.15) is 0 Å². The molecule has 0 saturated carbocycles. The van der Waals surface area contributed by atoms with E-state index in [1.54, 1.807) is 0 Å². The van der Waals surface area contributed by atoms with E-state index in [0.717, 1.165) is 0 Å². The molecular weight excluding hydrogens is 217 g/mol. The topological polar surface area (TPSA) is 126 Å². The fourth-order valence-electron chi connectivity index (χ4n) is 0. The third-order valence-corrected chi connectivity index (χ3v) is 2.70. The Morgan fingerprint density at radius 2 is 0.889 bits per heavy atom. The largest absolute Gasteiger partial charge is 4.00 e. The molecule has 0 atom stereocenters. The summed E-state index contributed by atoms with van der Waals surface area (Å²) in [5, 5.41) is 0. The fourth-order valence-corrected chi connectivity index (χ4v) is 0. The second kappa shape index (κ2) is 3.26. The molecule has 0 fully saturated rings. The van der Waals surface area contributed by atoms with Gasteiger partial charge in [0.2, 0.25) is 0 Å². The molecule has 0 aromatic rings. The first-order valence-corrected chi connectivity index (χ1v) is 5.09. The third kappa shape index (κ3) is 4.23. The van der Waals surface area contributed by atoms with E-state index in [0.29, 0.717) is 0 Å². The van der Waals surface area contributed by atoms with E-state index in [1.165, 1.54) is 0 Å². The van der Waals surface area contributed by atoms with Crippen LogP contribution in [-0.2, 0) is 25.6 Å². The number of rotatable bonds is 1. The van der Waals surface area contributed by atoms with Crippen LogP contribution in [0.1, 0.15) is 0 Å². The summed E-state index contributed by atoms with van der Waals surface area (Å²) in [6.07, 6.45) is 0. The second-order valence-electron chi connectivity index (χ2n) is 0.937. The molecule has 0 aliphatic carbocycles. The van der Waals surface area contributed by atoms with Crippen molar-refractivity contribution in [2.24, 2.45) is 0 Å². The number of hydrogen-bond acceptors (Lipinski definition) is 6. The quantitative estimate of drug-likeness (QED) is 0.334. The molecule has 0 aromatic carbocycles. The molecule has 9 heteroatoms. The van der Waals surface area contributed by atoms with Crippen LogP contribution >= 0.6 is 14.6 Å². The molecule has 0 aliphatic heterocycles. The van der Waals surface area contributed by atoms with Crippen molar-refractivity contribution < 1.29 is 45.2 Å². The molecule has 0 spiro atoms. The Morgan fingerprint density at radius 3 is 0.889 bits per heavy atom. The average molecular weight is 217 g/mol. The van der Waals surface area contributed by atoms with Crippen molar-refractivity contribution in [3.63, 3.8) is 0 Å². The Kier molecular flexibility index (Phi) is 4.52. The van der Waals surface area contributed by atoms with Crippen LogP contribution in [0.15, 0.2) is 0 Å². The minimum Gasteiger partial charge on any atom is -0.807 e. The maximum atomic E-state index is 9.24. The Balaban J connectivity index is 0. The molecule has 0 saturated heterocycles. The van der Waals surface area contributed by atoms with Crippen LogP contribution in [0.2, 0.25) is 0 Å². The van der Waals surface area contributed by atoms with Gasteiger partial charge in [-0.15, -0.1) is 0 Å². The summed E-state index contributed by atoms with van der Waals surface area (Å²) in [7, 11) is -11.8. The van der Waals surface area contributed by atoms with Gasteiger partial charge in [-0.2, -0.15) is 0 Å². The molecule has 6 nitrogen and oxygen atoms in total. The van der Waals surface area contributed by atoms with Crippen LogP contribution in [0.3, 0.4) is 0 Å². The van der Waals surface area contributed by atoms with Crippen LogP contribution < -0.4 is 19.6 Å². The predicted molar refractivity (Wildman–Crippen MR) is 15.2 cm³/mol. The minimum atomic E-state index is -5.91. The molecule has 0 bridgehead atoms. The summed E-state index contributed by atoms with van der Waals surface area (Å²) in [6.45, 7) is 0. The van der Waals surface area contributed by atoms with Crippen molar-refractivity contribution in [2.75, 3.05) is 0 Å². The molecule has 0 heterocycles. The van der Waals surface area contributed by atoms with Crippen molar-refractivity contribution >= 4 is 14.6 Å². The maximum Gasteiger partial charge on any atom is 4.00 e.